The third kappa shape index (κ3) is 5.26. The number of hydrogen-bond donors (Lipinski definition) is 0. The van der Waals surface area contributed by atoms with Gasteiger partial charge in [-0.2, -0.15) is 0 Å². The van der Waals surface area contributed by atoms with Gasteiger partial charge in [0.2, 0.25) is 0 Å². The lowest BCUT2D eigenvalue weighted by Crippen LogP contribution is -2.12. The number of hydrogen-bond acceptors (Lipinski definition) is 4. The number of rotatable bonds is 8. The second-order valence-electron chi connectivity index (χ2n) is 7.07. The highest BCUT2D eigenvalue weighted by atomic mass is 79.9. The Balaban J connectivity index is 1.48. The zero-order chi connectivity index (χ0) is 22.5. The zero-order valence-electron chi connectivity index (χ0n) is 16.9. The average Bonchev–Trinajstić information content (AvgIpc) is 2.82. The van der Waals surface area contributed by atoms with E-state index in [1.807, 2.05) is 60.7 Å². The Labute approximate surface area is 202 Å². The number of ketones is 2. The van der Waals surface area contributed by atoms with E-state index in [9.17, 15) is 9.59 Å². The van der Waals surface area contributed by atoms with E-state index in [0.29, 0.717) is 22.6 Å². The molecule has 0 saturated heterocycles. The minimum absolute atomic E-state index is 0.0575. The molecular formula is C26H18Br2O4. The van der Waals surface area contributed by atoms with Gasteiger partial charge in [0.05, 0.1) is 8.95 Å². The summed E-state index contributed by atoms with van der Waals surface area (Å²) >= 11 is 7.03. The fourth-order valence-corrected chi connectivity index (χ4v) is 4.13. The summed E-state index contributed by atoms with van der Waals surface area (Å²) in [6.07, 6.45) is 0. The maximum Gasteiger partial charge on any atom is 0.200 e. The number of benzene rings is 4. The van der Waals surface area contributed by atoms with Crippen LogP contribution in [0.3, 0.4) is 0 Å². The number of ether oxygens (including phenoxy) is 2. The van der Waals surface area contributed by atoms with E-state index < -0.39 is 0 Å². The van der Waals surface area contributed by atoms with Crippen LogP contribution >= 0.6 is 31.9 Å². The molecule has 0 heterocycles. The Morgan fingerprint density at radius 1 is 0.594 bits per heavy atom. The van der Waals surface area contributed by atoms with Crippen LogP contribution < -0.4 is 9.47 Å². The maximum absolute atomic E-state index is 12.3. The topological polar surface area (TPSA) is 52.6 Å². The first-order chi connectivity index (χ1) is 15.5. The summed E-state index contributed by atoms with van der Waals surface area (Å²) in [5.74, 6) is 0.958. The molecule has 0 aromatic heterocycles. The van der Waals surface area contributed by atoms with Gasteiger partial charge in [0, 0.05) is 11.1 Å². The van der Waals surface area contributed by atoms with Crippen LogP contribution in [0.2, 0.25) is 0 Å². The molecule has 4 aromatic rings. The van der Waals surface area contributed by atoms with E-state index in [2.05, 4.69) is 31.9 Å². The van der Waals surface area contributed by atoms with Crippen LogP contribution in [0.15, 0.2) is 93.9 Å². The Morgan fingerprint density at radius 3 is 1.34 bits per heavy atom. The Hall–Kier alpha value is -2.96. The Kier molecular flexibility index (Phi) is 7.02. The van der Waals surface area contributed by atoms with Gasteiger partial charge in [-0.1, -0.05) is 60.7 Å². The number of carbonyl (C=O) groups is 2. The van der Waals surface area contributed by atoms with Crippen LogP contribution in [-0.2, 0) is 0 Å². The first-order valence-electron chi connectivity index (χ1n) is 9.86. The summed E-state index contributed by atoms with van der Waals surface area (Å²) in [5, 5.41) is 1.81. The fourth-order valence-electron chi connectivity index (χ4n) is 3.17. The van der Waals surface area contributed by atoms with E-state index in [1.165, 1.54) is 0 Å². The van der Waals surface area contributed by atoms with Gasteiger partial charge in [-0.05, 0) is 66.9 Å². The van der Waals surface area contributed by atoms with Crippen molar-refractivity contribution in [2.45, 2.75) is 0 Å². The van der Waals surface area contributed by atoms with E-state index >= 15 is 0 Å². The van der Waals surface area contributed by atoms with Gasteiger partial charge in [-0.3, -0.25) is 9.59 Å². The van der Waals surface area contributed by atoms with Crippen molar-refractivity contribution in [1.29, 1.82) is 0 Å². The molecule has 6 heteroatoms. The van der Waals surface area contributed by atoms with Crippen molar-refractivity contribution < 1.29 is 19.1 Å². The van der Waals surface area contributed by atoms with Crippen LogP contribution in [0, 0.1) is 0 Å². The molecule has 0 N–H and O–H groups in total. The Bertz CT molecular complexity index is 1170. The summed E-state index contributed by atoms with van der Waals surface area (Å²) in [6, 6.07) is 25.6. The highest BCUT2D eigenvalue weighted by Crippen LogP contribution is 2.36. The lowest BCUT2D eigenvalue weighted by atomic mass is 10.1. The van der Waals surface area contributed by atoms with Crippen molar-refractivity contribution in [2.24, 2.45) is 0 Å². The Morgan fingerprint density at radius 2 is 0.969 bits per heavy atom. The van der Waals surface area contributed by atoms with Crippen LogP contribution in [0.5, 0.6) is 11.5 Å². The molecule has 0 aliphatic heterocycles. The average molecular weight is 554 g/mol. The normalized spacial score (nSPS) is 10.7. The standard InChI is InChI=1S/C26H18Br2O4/c27-21-11-20-14-26(32-16-24(30)18-9-5-2-6-10-18)22(28)12-19(20)13-25(21)31-15-23(29)17-7-3-1-4-8-17/h1-14H,15-16H2. The predicted molar refractivity (Wildman–Crippen MR) is 132 cm³/mol. The largest absolute Gasteiger partial charge is 0.484 e. The van der Waals surface area contributed by atoms with Crippen molar-refractivity contribution in [2.75, 3.05) is 13.2 Å². The maximum atomic E-state index is 12.3. The molecule has 0 saturated carbocycles. The highest BCUT2D eigenvalue weighted by molar-refractivity contribution is 9.11. The first kappa shape index (κ1) is 22.2. The SMILES string of the molecule is O=C(COc1cc2cc(Br)c(OCC(=O)c3ccccc3)cc2cc1Br)c1ccccc1. The number of fused-ring (bicyclic) bond motifs is 1. The summed E-state index contributed by atoms with van der Waals surface area (Å²) in [5.41, 5.74) is 1.22. The molecule has 4 rings (SSSR count). The second-order valence-corrected chi connectivity index (χ2v) is 8.78. The van der Waals surface area contributed by atoms with E-state index in [1.54, 1.807) is 24.3 Å². The van der Waals surface area contributed by atoms with Gasteiger partial charge in [-0.25, -0.2) is 0 Å². The number of halogens is 2. The first-order valence-corrected chi connectivity index (χ1v) is 11.4. The summed E-state index contributed by atoms with van der Waals surface area (Å²) in [7, 11) is 0. The minimum Gasteiger partial charge on any atom is -0.484 e. The van der Waals surface area contributed by atoms with Crippen molar-refractivity contribution >= 4 is 54.2 Å². The van der Waals surface area contributed by atoms with Crippen molar-refractivity contribution in [3.63, 3.8) is 0 Å². The smallest absolute Gasteiger partial charge is 0.200 e. The van der Waals surface area contributed by atoms with Gasteiger partial charge < -0.3 is 9.47 Å². The molecule has 4 aromatic carbocycles. The van der Waals surface area contributed by atoms with E-state index in [4.69, 9.17) is 9.47 Å². The van der Waals surface area contributed by atoms with Gasteiger partial charge >= 0.3 is 0 Å². The van der Waals surface area contributed by atoms with Crippen molar-refractivity contribution in [1.82, 2.24) is 0 Å². The molecule has 0 radical (unpaired) electrons. The molecule has 0 bridgehead atoms. The third-order valence-electron chi connectivity index (χ3n) is 4.85. The highest BCUT2D eigenvalue weighted by Gasteiger charge is 2.13. The van der Waals surface area contributed by atoms with E-state index in [0.717, 1.165) is 19.7 Å². The van der Waals surface area contributed by atoms with Gasteiger partial charge in [0.15, 0.2) is 24.8 Å². The lowest BCUT2D eigenvalue weighted by molar-refractivity contribution is 0.0914. The van der Waals surface area contributed by atoms with E-state index in [-0.39, 0.29) is 24.8 Å². The van der Waals surface area contributed by atoms with Crippen LogP contribution in [-0.4, -0.2) is 24.8 Å². The molecule has 0 fully saturated rings. The monoisotopic (exact) mass is 552 g/mol. The third-order valence-corrected chi connectivity index (χ3v) is 6.09. The second kappa shape index (κ2) is 10.1. The fraction of sp³-hybridized carbons (Fsp3) is 0.0769. The molecule has 0 atom stereocenters. The van der Waals surface area contributed by atoms with Crippen LogP contribution in [0.4, 0.5) is 0 Å². The molecule has 0 spiro atoms. The van der Waals surface area contributed by atoms with Crippen molar-refractivity contribution in [3.05, 3.63) is 105 Å². The molecule has 4 nitrogen and oxygen atoms in total. The summed E-state index contributed by atoms with van der Waals surface area (Å²) in [4.78, 5) is 24.7. The minimum atomic E-state index is -0.0920. The van der Waals surface area contributed by atoms with Gasteiger partial charge in [0.1, 0.15) is 11.5 Å². The quantitative estimate of drug-likeness (QED) is 0.223. The van der Waals surface area contributed by atoms with Gasteiger partial charge in [-0.15, -0.1) is 0 Å². The number of carbonyl (C=O) groups excluding carboxylic acids is 2. The van der Waals surface area contributed by atoms with Crippen LogP contribution in [0.1, 0.15) is 20.7 Å². The molecule has 160 valence electrons. The lowest BCUT2D eigenvalue weighted by Gasteiger charge is -2.12. The number of Topliss-reactive ketones (excluding diaryl/α,β-unsaturated/α-hetero) is 2. The summed E-state index contributed by atoms with van der Waals surface area (Å²) in [6.45, 7) is -0.115. The van der Waals surface area contributed by atoms with Crippen molar-refractivity contribution in [3.8, 4) is 11.5 Å². The van der Waals surface area contributed by atoms with Crippen LogP contribution in [0.25, 0.3) is 10.8 Å². The summed E-state index contributed by atoms with van der Waals surface area (Å²) < 4.78 is 13.0. The van der Waals surface area contributed by atoms with Gasteiger partial charge in [0.25, 0.3) is 0 Å². The predicted octanol–water partition coefficient (Wildman–Crippen LogP) is 6.89. The zero-order valence-corrected chi connectivity index (χ0v) is 20.1. The molecule has 0 amide bonds. The molecule has 0 aliphatic carbocycles. The molecule has 32 heavy (non-hydrogen) atoms. The molecule has 0 aliphatic rings. The molecular weight excluding hydrogens is 536 g/mol. The molecule has 0 unspecified atom stereocenters.